The first-order chi connectivity index (χ1) is 11.3. The largest absolute Gasteiger partial charge is 0.381 e. The number of likely N-dealkylation sites (tertiary alicyclic amines) is 1. The van der Waals surface area contributed by atoms with Gasteiger partial charge in [0.25, 0.3) is 0 Å². The maximum absolute atomic E-state index is 5.56. The summed E-state index contributed by atoms with van der Waals surface area (Å²) in [6, 6.07) is 4.70. The average Bonchev–Trinajstić information content (AvgIpc) is 3.30. The van der Waals surface area contributed by atoms with Crippen molar-refractivity contribution in [3.8, 4) is 0 Å². The molecule has 0 amide bonds. The van der Waals surface area contributed by atoms with Crippen molar-refractivity contribution in [2.45, 2.75) is 45.2 Å². The van der Waals surface area contributed by atoms with E-state index in [1.54, 1.807) is 0 Å². The quantitative estimate of drug-likeness (QED) is 0.850. The van der Waals surface area contributed by atoms with Gasteiger partial charge in [0.2, 0.25) is 0 Å². The lowest BCUT2D eigenvalue weighted by molar-refractivity contribution is 0.182. The van der Waals surface area contributed by atoms with Crippen molar-refractivity contribution in [3.63, 3.8) is 0 Å². The van der Waals surface area contributed by atoms with Crippen molar-refractivity contribution < 1.29 is 4.74 Å². The van der Waals surface area contributed by atoms with Gasteiger partial charge in [0.05, 0.1) is 6.61 Å². The molecule has 23 heavy (non-hydrogen) atoms. The van der Waals surface area contributed by atoms with E-state index in [0.717, 1.165) is 50.3 Å². The number of imidazole rings is 1. The van der Waals surface area contributed by atoms with Gasteiger partial charge in [0.15, 0.2) is 5.65 Å². The first kappa shape index (κ1) is 15.1. The number of pyridine rings is 1. The Balaban J connectivity index is 1.64. The Bertz CT molecular complexity index is 662. The van der Waals surface area contributed by atoms with E-state index in [1.165, 1.54) is 25.2 Å². The number of likely N-dealkylation sites (N-methyl/N-ethyl adjacent to an activating group) is 1. The van der Waals surface area contributed by atoms with Gasteiger partial charge in [0, 0.05) is 37.7 Å². The van der Waals surface area contributed by atoms with Gasteiger partial charge in [-0.2, -0.15) is 0 Å². The highest BCUT2D eigenvalue weighted by Gasteiger charge is 2.27. The zero-order valence-corrected chi connectivity index (χ0v) is 13.9. The molecular weight excluding hydrogens is 288 g/mol. The van der Waals surface area contributed by atoms with E-state index in [2.05, 4.69) is 27.4 Å². The monoisotopic (exact) mass is 314 g/mol. The number of rotatable bonds is 5. The minimum atomic E-state index is 0.596. The fraction of sp³-hybridized carbons (Fsp3) is 0.667. The van der Waals surface area contributed by atoms with Gasteiger partial charge >= 0.3 is 0 Å². The molecule has 4 rings (SSSR count). The van der Waals surface area contributed by atoms with E-state index in [-0.39, 0.29) is 0 Å². The SMILES string of the molecule is CCN1CCCC1Cc1nc2cccnc2n1CC1CCOC1. The third kappa shape index (κ3) is 3.00. The number of hydrogen-bond acceptors (Lipinski definition) is 4. The Morgan fingerprint density at radius 1 is 1.35 bits per heavy atom. The maximum atomic E-state index is 5.56. The van der Waals surface area contributed by atoms with Crippen molar-refractivity contribution >= 4 is 11.2 Å². The normalized spacial score (nSPS) is 25.6. The van der Waals surface area contributed by atoms with E-state index in [1.807, 2.05) is 12.3 Å². The summed E-state index contributed by atoms with van der Waals surface area (Å²) in [5.41, 5.74) is 2.07. The highest BCUT2D eigenvalue weighted by molar-refractivity contribution is 5.71. The van der Waals surface area contributed by atoms with E-state index in [9.17, 15) is 0 Å². The van der Waals surface area contributed by atoms with Crippen molar-refractivity contribution in [1.82, 2.24) is 19.4 Å². The predicted molar refractivity (Wildman–Crippen MR) is 90.4 cm³/mol. The zero-order chi connectivity index (χ0) is 15.6. The lowest BCUT2D eigenvalue weighted by atomic mass is 10.1. The van der Waals surface area contributed by atoms with Gasteiger partial charge in [-0.05, 0) is 44.5 Å². The second-order valence-electron chi connectivity index (χ2n) is 6.84. The van der Waals surface area contributed by atoms with Crippen LogP contribution in [-0.2, 0) is 17.7 Å². The van der Waals surface area contributed by atoms with Crippen molar-refractivity contribution in [1.29, 1.82) is 0 Å². The first-order valence-corrected chi connectivity index (χ1v) is 8.97. The van der Waals surface area contributed by atoms with Crippen LogP contribution in [0.2, 0.25) is 0 Å². The smallest absolute Gasteiger partial charge is 0.159 e. The van der Waals surface area contributed by atoms with Gasteiger partial charge in [-0.15, -0.1) is 0 Å². The Morgan fingerprint density at radius 3 is 3.13 bits per heavy atom. The summed E-state index contributed by atoms with van der Waals surface area (Å²) in [6.07, 6.45) is 6.67. The summed E-state index contributed by atoms with van der Waals surface area (Å²) in [7, 11) is 0. The van der Waals surface area contributed by atoms with Crippen LogP contribution >= 0.6 is 0 Å². The minimum Gasteiger partial charge on any atom is -0.381 e. The summed E-state index contributed by atoms with van der Waals surface area (Å²) < 4.78 is 7.93. The van der Waals surface area contributed by atoms with Crippen LogP contribution in [0.5, 0.6) is 0 Å². The molecule has 0 aromatic carbocycles. The second kappa shape index (κ2) is 6.57. The molecular formula is C18H26N4O. The molecule has 2 unspecified atom stereocenters. The molecule has 2 fully saturated rings. The van der Waals surface area contributed by atoms with Gasteiger partial charge in [-0.1, -0.05) is 6.92 Å². The summed E-state index contributed by atoms with van der Waals surface area (Å²) in [5.74, 6) is 1.80. The summed E-state index contributed by atoms with van der Waals surface area (Å²) in [5, 5.41) is 0. The third-order valence-corrected chi connectivity index (χ3v) is 5.37. The van der Waals surface area contributed by atoms with Crippen molar-refractivity contribution in [2.75, 3.05) is 26.3 Å². The molecule has 2 saturated heterocycles. The molecule has 2 aromatic rings. The van der Waals surface area contributed by atoms with Crippen LogP contribution in [0.3, 0.4) is 0 Å². The molecule has 4 heterocycles. The molecule has 124 valence electrons. The molecule has 0 bridgehead atoms. The molecule has 5 heteroatoms. The van der Waals surface area contributed by atoms with Crippen molar-refractivity contribution in [2.24, 2.45) is 5.92 Å². The summed E-state index contributed by atoms with van der Waals surface area (Å²) in [6.45, 7) is 7.39. The molecule has 2 atom stereocenters. The lowest BCUT2D eigenvalue weighted by Gasteiger charge is -2.23. The average molecular weight is 314 g/mol. The van der Waals surface area contributed by atoms with Crippen LogP contribution in [-0.4, -0.2) is 51.8 Å². The number of ether oxygens (including phenoxy) is 1. The molecule has 0 spiro atoms. The molecule has 5 nitrogen and oxygen atoms in total. The fourth-order valence-corrected chi connectivity index (χ4v) is 4.09. The molecule has 2 aliphatic rings. The highest BCUT2D eigenvalue weighted by atomic mass is 16.5. The van der Waals surface area contributed by atoms with Gasteiger partial charge in [-0.25, -0.2) is 9.97 Å². The minimum absolute atomic E-state index is 0.596. The van der Waals surface area contributed by atoms with E-state index >= 15 is 0 Å². The molecule has 0 saturated carbocycles. The second-order valence-corrected chi connectivity index (χ2v) is 6.84. The Labute approximate surface area is 137 Å². The van der Waals surface area contributed by atoms with Crippen molar-refractivity contribution in [3.05, 3.63) is 24.2 Å². The topological polar surface area (TPSA) is 43.2 Å². The number of aromatic nitrogens is 3. The van der Waals surface area contributed by atoms with E-state index < -0.39 is 0 Å². The molecule has 0 N–H and O–H groups in total. The summed E-state index contributed by atoms with van der Waals surface area (Å²) in [4.78, 5) is 12.1. The Morgan fingerprint density at radius 2 is 2.30 bits per heavy atom. The predicted octanol–water partition coefficient (Wildman–Crippen LogP) is 2.49. The third-order valence-electron chi connectivity index (χ3n) is 5.37. The lowest BCUT2D eigenvalue weighted by Crippen LogP contribution is -2.32. The highest BCUT2D eigenvalue weighted by Crippen LogP contribution is 2.24. The molecule has 2 aliphatic heterocycles. The van der Waals surface area contributed by atoms with Crippen LogP contribution in [0.15, 0.2) is 18.3 Å². The molecule has 0 aliphatic carbocycles. The van der Waals surface area contributed by atoms with E-state index in [0.29, 0.717) is 12.0 Å². The van der Waals surface area contributed by atoms with Gasteiger partial charge in [-0.3, -0.25) is 0 Å². The Kier molecular flexibility index (Phi) is 4.31. The molecule has 0 radical (unpaired) electrons. The number of hydrogen-bond donors (Lipinski definition) is 0. The number of fused-ring (bicyclic) bond motifs is 1. The van der Waals surface area contributed by atoms with Gasteiger partial charge in [0.1, 0.15) is 11.3 Å². The molecule has 2 aromatic heterocycles. The zero-order valence-electron chi connectivity index (χ0n) is 13.9. The van der Waals surface area contributed by atoms with Crippen LogP contribution in [0.4, 0.5) is 0 Å². The standard InChI is InChI=1S/C18H26N4O/c1-2-21-9-4-5-15(21)11-17-20-16-6-3-8-19-18(16)22(17)12-14-7-10-23-13-14/h3,6,8,14-15H,2,4-5,7,9-13H2,1H3. The van der Waals surface area contributed by atoms with Gasteiger partial charge < -0.3 is 14.2 Å². The van der Waals surface area contributed by atoms with Crippen LogP contribution in [0.1, 0.15) is 32.0 Å². The summed E-state index contributed by atoms with van der Waals surface area (Å²) >= 11 is 0. The van der Waals surface area contributed by atoms with Crippen LogP contribution < -0.4 is 0 Å². The fourth-order valence-electron chi connectivity index (χ4n) is 4.09. The Hall–Kier alpha value is -1.46. The van der Waals surface area contributed by atoms with Crippen LogP contribution in [0, 0.1) is 5.92 Å². The maximum Gasteiger partial charge on any atom is 0.159 e. The van der Waals surface area contributed by atoms with E-state index in [4.69, 9.17) is 9.72 Å². The number of nitrogens with zero attached hydrogens (tertiary/aromatic N) is 4. The first-order valence-electron chi connectivity index (χ1n) is 8.97. The van der Waals surface area contributed by atoms with Crippen LogP contribution in [0.25, 0.3) is 11.2 Å².